The lowest BCUT2D eigenvalue weighted by Gasteiger charge is -2.19. The quantitative estimate of drug-likeness (QED) is 0.0233. The van der Waals surface area contributed by atoms with Crippen LogP contribution in [-0.4, -0.2) is 68.5 Å². The number of nitrogens with one attached hydrogen (secondary N) is 5. The van der Waals surface area contributed by atoms with E-state index in [9.17, 15) is 24.0 Å². The summed E-state index contributed by atoms with van der Waals surface area (Å²) in [4.78, 5) is 62.3. The predicted molar refractivity (Wildman–Crippen MR) is 258 cm³/mol. The van der Waals surface area contributed by atoms with Crippen molar-refractivity contribution in [2.24, 2.45) is 0 Å². The fourth-order valence-electron chi connectivity index (χ4n) is 7.59. The molecule has 0 aromatic rings. The number of hydrogen-bond donors (Lipinski definition) is 5. The van der Waals surface area contributed by atoms with Gasteiger partial charge in [-0.05, 0) is 26.2 Å². The Bertz CT molecular complexity index is 1120. The summed E-state index contributed by atoms with van der Waals surface area (Å²) in [6.45, 7) is 10.9. The molecule has 0 aliphatic carbocycles. The van der Waals surface area contributed by atoms with Crippen LogP contribution in [0.25, 0.3) is 0 Å². The van der Waals surface area contributed by atoms with Gasteiger partial charge in [-0.2, -0.15) is 0 Å². The molecule has 0 saturated heterocycles. The molecule has 0 fully saturated rings. The van der Waals surface area contributed by atoms with E-state index in [2.05, 4.69) is 47.0 Å². The molecule has 362 valence electrons. The lowest BCUT2D eigenvalue weighted by Crippen LogP contribution is -2.48. The van der Waals surface area contributed by atoms with Crippen LogP contribution in [0.15, 0.2) is 12.2 Å². The van der Waals surface area contributed by atoms with Gasteiger partial charge in [-0.3, -0.25) is 14.4 Å². The molecule has 0 heterocycles. The summed E-state index contributed by atoms with van der Waals surface area (Å²) in [6.07, 6.45) is 41.7. The Kier molecular flexibility index (Phi) is 43.6. The minimum absolute atomic E-state index is 0.00289. The van der Waals surface area contributed by atoms with E-state index >= 15 is 0 Å². The number of unbranched alkanes of at least 4 members (excludes halogenated alkanes) is 30. The predicted octanol–water partition coefficient (Wildman–Crippen LogP) is 11.8. The van der Waals surface area contributed by atoms with Gasteiger partial charge in [0.1, 0.15) is 12.6 Å². The molecular formula is C51H97N5O6. The molecule has 11 heteroatoms. The normalized spacial score (nSPS) is 11.5. The van der Waals surface area contributed by atoms with Gasteiger partial charge in [0, 0.05) is 38.0 Å². The largest absolute Gasteiger partial charge is 0.460 e. The molecule has 0 aliphatic rings. The third kappa shape index (κ3) is 42.2. The smallest absolute Gasteiger partial charge is 0.333 e. The second-order valence-corrected chi connectivity index (χ2v) is 17.8. The van der Waals surface area contributed by atoms with Crippen LogP contribution < -0.4 is 26.6 Å². The van der Waals surface area contributed by atoms with Gasteiger partial charge in [-0.1, -0.05) is 213 Å². The average molecular weight is 876 g/mol. The fraction of sp³-hybridized carbons (Fsp3) is 0.863. The van der Waals surface area contributed by atoms with Crippen LogP contribution in [0.2, 0.25) is 0 Å². The molecule has 5 amide bonds. The van der Waals surface area contributed by atoms with Gasteiger partial charge in [-0.25, -0.2) is 9.59 Å². The molecule has 0 saturated carbocycles. The van der Waals surface area contributed by atoms with Crippen LogP contribution in [0.4, 0.5) is 4.79 Å². The summed E-state index contributed by atoms with van der Waals surface area (Å²) in [5, 5.41) is 13.9. The minimum atomic E-state index is -0.846. The summed E-state index contributed by atoms with van der Waals surface area (Å²) in [5.41, 5.74) is 0.277. The van der Waals surface area contributed by atoms with E-state index in [0.717, 1.165) is 32.1 Å². The number of rotatable bonds is 46. The van der Waals surface area contributed by atoms with E-state index < -0.39 is 23.9 Å². The molecule has 1 atom stereocenters. The van der Waals surface area contributed by atoms with E-state index in [1.54, 1.807) is 6.92 Å². The maximum Gasteiger partial charge on any atom is 0.333 e. The van der Waals surface area contributed by atoms with Crippen molar-refractivity contribution < 1.29 is 28.7 Å². The van der Waals surface area contributed by atoms with Gasteiger partial charge < -0.3 is 31.3 Å². The number of esters is 1. The van der Waals surface area contributed by atoms with Crippen molar-refractivity contribution in [1.82, 2.24) is 26.6 Å². The first kappa shape index (κ1) is 58.9. The maximum absolute atomic E-state index is 13.2. The number of amides is 5. The van der Waals surface area contributed by atoms with Gasteiger partial charge in [0.05, 0.1) is 6.54 Å². The van der Waals surface area contributed by atoms with Crippen molar-refractivity contribution in [1.29, 1.82) is 0 Å². The Hall–Kier alpha value is -3.11. The minimum Gasteiger partial charge on any atom is -0.460 e. The second-order valence-electron chi connectivity index (χ2n) is 17.8. The van der Waals surface area contributed by atoms with E-state index in [1.165, 1.54) is 173 Å². The fourth-order valence-corrected chi connectivity index (χ4v) is 7.59. The summed E-state index contributed by atoms with van der Waals surface area (Å²) < 4.78 is 4.95. The van der Waals surface area contributed by atoms with Crippen molar-refractivity contribution in [3.05, 3.63) is 12.2 Å². The van der Waals surface area contributed by atoms with Crippen molar-refractivity contribution in [3.63, 3.8) is 0 Å². The highest BCUT2D eigenvalue weighted by molar-refractivity contribution is 5.88. The monoisotopic (exact) mass is 876 g/mol. The van der Waals surface area contributed by atoms with Crippen LogP contribution in [0.1, 0.15) is 245 Å². The molecule has 0 aliphatic heterocycles. The summed E-state index contributed by atoms with van der Waals surface area (Å²) in [6, 6.07) is -1.35. The lowest BCUT2D eigenvalue weighted by atomic mass is 10.0. The number of carbonyl (C=O) groups is 5. The first-order valence-electron chi connectivity index (χ1n) is 25.9. The second kappa shape index (κ2) is 45.9. The first-order valence-corrected chi connectivity index (χ1v) is 25.9. The highest BCUT2D eigenvalue weighted by Crippen LogP contribution is 2.15. The lowest BCUT2D eigenvalue weighted by molar-refractivity contribution is -0.138. The van der Waals surface area contributed by atoms with Crippen LogP contribution in [0.5, 0.6) is 0 Å². The van der Waals surface area contributed by atoms with Crippen LogP contribution in [-0.2, 0) is 23.9 Å². The molecule has 0 spiro atoms. The molecule has 0 aromatic heterocycles. The molecule has 0 bridgehead atoms. The average Bonchev–Trinajstić information content (AvgIpc) is 3.25. The van der Waals surface area contributed by atoms with Gasteiger partial charge in [0.2, 0.25) is 17.7 Å². The standard InChI is InChI=1S/C51H97N5O6/c1-5-7-9-11-13-15-17-19-21-23-25-27-29-31-33-35-40-52-47(57)38-37-46(56-48(58)39-42-54-51(61)55-43-44-62-50(60)45(3)4)49(59)53-41-36-34-32-30-28-26-24-22-20-18-16-14-12-10-8-6-2/h46H,3,5-44H2,1-2,4H3,(H,52,57)(H,53,59)(H,56,58)(H2,54,55,61)/t46-/m0/s1. The Morgan fingerprint density at radius 2 is 0.806 bits per heavy atom. The Balaban J connectivity index is 4.39. The number of ether oxygens (including phenoxy) is 1. The molecule has 62 heavy (non-hydrogen) atoms. The van der Waals surface area contributed by atoms with E-state index in [0.29, 0.717) is 13.1 Å². The zero-order chi connectivity index (χ0) is 45.6. The number of hydrogen-bond acceptors (Lipinski definition) is 6. The molecule has 0 rings (SSSR count). The first-order chi connectivity index (χ1) is 30.2. The Morgan fingerprint density at radius 1 is 0.435 bits per heavy atom. The topological polar surface area (TPSA) is 155 Å². The van der Waals surface area contributed by atoms with Crippen LogP contribution in [0, 0.1) is 0 Å². The molecular weight excluding hydrogens is 779 g/mol. The van der Waals surface area contributed by atoms with E-state index in [4.69, 9.17) is 4.74 Å². The SMILES string of the molecule is C=C(C)C(=O)OCCNC(=O)NCCC(=O)N[C@@H](CCC(=O)NCCCCCCCCCCCCCCCCCC)C(=O)NCCCCCCCCCCCCCCCCCC. The molecule has 5 N–H and O–H groups in total. The number of carbonyl (C=O) groups excluding carboxylic acids is 5. The highest BCUT2D eigenvalue weighted by Gasteiger charge is 2.21. The molecule has 0 unspecified atom stereocenters. The Morgan fingerprint density at radius 3 is 1.21 bits per heavy atom. The molecule has 0 aromatic carbocycles. The van der Waals surface area contributed by atoms with Crippen LogP contribution >= 0.6 is 0 Å². The van der Waals surface area contributed by atoms with Gasteiger partial charge in [0.15, 0.2) is 0 Å². The van der Waals surface area contributed by atoms with Gasteiger partial charge >= 0.3 is 12.0 Å². The maximum atomic E-state index is 13.2. The summed E-state index contributed by atoms with van der Waals surface area (Å²) >= 11 is 0. The molecule has 0 radical (unpaired) electrons. The third-order valence-electron chi connectivity index (χ3n) is 11.6. The van der Waals surface area contributed by atoms with Crippen molar-refractivity contribution in [2.45, 2.75) is 252 Å². The van der Waals surface area contributed by atoms with E-state index in [-0.39, 0.29) is 56.3 Å². The summed E-state index contributed by atoms with van der Waals surface area (Å²) in [5.74, 6) is -1.33. The van der Waals surface area contributed by atoms with Gasteiger partial charge in [-0.15, -0.1) is 0 Å². The third-order valence-corrected chi connectivity index (χ3v) is 11.6. The highest BCUT2D eigenvalue weighted by atomic mass is 16.5. The van der Waals surface area contributed by atoms with Crippen molar-refractivity contribution in [2.75, 3.05) is 32.8 Å². The zero-order valence-corrected chi connectivity index (χ0v) is 40.5. The molecule has 11 nitrogen and oxygen atoms in total. The Labute approximate surface area is 380 Å². The van der Waals surface area contributed by atoms with Crippen molar-refractivity contribution >= 4 is 29.7 Å². The van der Waals surface area contributed by atoms with Crippen molar-refractivity contribution in [3.8, 4) is 0 Å². The van der Waals surface area contributed by atoms with Gasteiger partial charge in [0.25, 0.3) is 0 Å². The summed E-state index contributed by atoms with van der Waals surface area (Å²) in [7, 11) is 0. The van der Waals surface area contributed by atoms with Crippen LogP contribution in [0.3, 0.4) is 0 Å². The number of urea groups is 1. The van der Waals surface area contributed by atoms with E-state index in [1.807, 2.05) is 0 Å². The zero-order valence-electron chi connectivity index (χ0n) is 40.5.